The summed E-state index contributed by atoms with van der Waals surface area (Å²) in [7, 11) is 0. The highest BCUT2D eigenvalue weighted by atomic mass is 16.6. The van der Waals surface area contributed by atoms with E-state index in [1.807, 2.05) is 30.3 Å². The van der Waals surface area contributed by atoms with E-state index in [9.17, 15) is 24.9 Å². The third-order valence-corrected chi connectivity index (χ3v) is 4.74. The van der Waals surface area contributed by atoms with Crippen LogP contribution in [0.2, 0.25) is 0 Å². The second-order valence-corrected chi connectivity index (χ2v) is 8.76. The molecule has 0 aromatic heterocycles. The van der Waals surface area contributed by atoms with Crippen molar-refractivity contribution < 1.29 is 29.6 Å². The standard InChI is InChI=1S/C24H32N2O6/c1-24(2,3)32-23(31)25-18(13-16-7-5-4-6-8-16)15-21(28)20(26-22(29)30)14-17-9-11-19(27)12-10-17/h4-12,18,20-21,26-28H,13-15H2,1-3H3,(H,25,31)(H,29,30)/t18-,20-,21+/m0/s1. The number of nitrogens with one attached hydrogen (secondary N) is 2. The molecule has 0 saturated heterocycles. The van der Waals surface area contributed by atoms with Crippen LogP contribution in [0.3, 0.4) is 0 Å². The van der Waals surface area contributed by atoms with Crippen molar-refractivity contribution in [2.24, 2.45) is 0 Å². The van der Waals surface area contributed by atoms with Gasteiger partial charge in [-0.1, -0.05) is 42.5 Å². The number of ether oxygens (including phenoxy) is 1. The third kappa shape index (κ3) is 9.26. The van der Waals surface area contributed by atoms with Crippen molar-refractivity contribution in [1.29, 1.82) is 0 Å². The average molecular weight is 445 g/mol. The van der Waals surface area contributed by atoms with Crippen LogP contribution in [0.15, 0.2) is 54.6 Å². The fourth-order valence-corrected chi connectivity index (χ4v) is 3.35. The fraction of sp³-hybridized carbons (Fsp3) is 0.417. The van der Waals surface area contributed by atoms with Crippen LogP contribution in [-0.2, 0) is 17.6 Å². The van der Waals surface area contributed by atoms with Crippen LogP contribution < -0.4 is 10.6 Å². The molecule has 8 heteroatoms. The van der Waals surface area contributed by atoms with Crippen LogP contribution in [0, 0.1) is 0 Å². The summed E-state index contributed by atoms with van der Waals surface area (Å²) in [6, 6.07) is 14.5. The Bertz CT molecular complexity index is 864. The number of rotatable bonds is 9. The molecular weight excluding hydrogens is 412 g/mol. The Labute approximate surface area is 188 Å². The van der Waals surface area contributed by atoms with Gasteiger partial charge in [0, 0.05) is 6.04 Å². The number of amides is 2. The quantitative estimate of drug-likeness (QED) is 0.403. The number of benzene rings is 2. The van der Waals surface area contributed by atoms with Crippen molar-refractivity contribution in [3.05, 3.63) is 65.7 Å². The highest BCUT2D eigenvalue weighted by molar-refractivity contribution is 5.68. The van der Waals surface area contributed by atoms with Crippen LogP contribution in [0.25, 0.3) is 0 Å². The molecule has 2 rings (SSSR count). The first-order valence-electron chi connectivity index (χ1n) is 10.5. The molecule has 174 valence electrons. The second kappa shape index (κ2) is 11.4. The van der Waals surface area contributed by atoms with Crippen LogP contribution in [0.4, 0.5) is 9.59 Å². The Morgan fingerprint density at radius 2 is 1.53 bits per heavy atom. The number of phenolic OH excluding ortho intramolecular Hbond substituents is 1. The van der Waals surface area contributed by atoms with Gasteiger partial charge in [0.2, 0.25) is 0 Å². The molecule has 0 aliphatic rings. The van der Waals surface area contributed by atoms with Gasteiger partial charge in [0.05, 0.1) is 12.1 Å². The Kier molecular flexibility index (Phi) is 8.90. The van der Waals surface area contributed by atoms with E-state index in [4.69, 9.17) is 4.74 Å². The minimum Gasteiger partial charge on any atom is -0.508 e. The number of carbonyl (C=O) groups is 2. The topological polar surface area (TPSA) is 128 Å². The van der Waals surface area contributed by atoms with E-state index >= 15 is 0 Å². The lowest BCUT2D eigenvalue weighted by Gasteiger charge is -2.28. The summed E-state index contributed by atoms with van der Waals surface area (Å²) < 4.78 is 5.35. The zero-order chi connectivity index (χ0) is 23.7. The molecule has 2 aromatic rings. The number of carboxylic acid groups (broad SMARTS) is 1. The molecule has 0 unspecified atom stereocenters. The zero-order valence-corrected chi connectivity index (χ0v) is 18.6. The lowest BCUT2D eigenvalue weighted by atomic mass is 9.93. The molecule has 0 heterocycles. The van der Waals surface area contributed by atoms with Gasteiger partial charge in [0.25, 0.3) is 0 Å². The van der Waals surface area contributed by atoms with Crippen LogP contribution >= 0.6 is 0 Å². The summed E-state index contributed by atoms with van der Waals surface area (Å²) in [6.07, 6.45) is -2.17. The monoisotopic (exact) mass is 444 g/mol. The maximum absolute atomic E-state index is 12.4. The van der Waals surface area contributed by atoms with Gasteiger partial charge in [-0.25, -0.2) is 9.59 Å². The number of alkyl carbamates (subject to hydrolysis) is 1. The minimum absolute atomic E-state index is 0.0986. The van der Waals surface area contributed by atoms with E-state index < -0.39 is 36.0 Å². The molecule has 0 radical (unpaired) electrons. The molecule has 0 saturated carbocycles. The molecular formula is C24H32N2O6. The lowest BCUT2D eigenvalue weighted by molar-refractivity contribution is 0.0467. The summed E-state index contributed by atoms with van der Waals surface area (Å²) >= 11 is 0. The number of hydrogen-bond acceptors (Lipinski definition) is 5. The smallest absolute Gasteiger partial charge is 0.407 e. The minimum atomic E-state index is -1.26. The molecule has 5 N–H and O–H groups in total. The Balaban J connectivity index is 2.15. The molecule has 32 heavy (non-hydrogen) atoms. The SMILES string of the molecule is CC(C)(C)OC(=O)N[C@@H](Cc1ccccc1)C[C@@H](O)[C@H](Cc1ccc(O)cc1)NC(=O)O. The van der Waals surface area contributed by atoms with Gasteiger partial charge in [0.15, 0.2) is 0 Å². The van der Waals surface area contributed by atoms with E-state index in [1.165, 1.54) is 12.1 Å². The molecule has 8 nitrogen and oxygen atoms in total. The summed E-state index contributed by atoms with van der Waals surface area (Å²) in [5.74, 6) is 0.0986. The number of hydrogen-bond donors (Lipinski definition) is 5. The average Bonchev–Trinajstić information content (AvgIpc) is 2.68. The molecule has 2 amide bonds. The summed E-state index contributed by atoms with van der Waals surface area (Å²) in [5, 5.41) is 34.8. The van der Waals surface area contributed by atoms with E-state index in [0.717, 1.165) is 11.1 Å². The van der Waals surface area contributed by atoms with Crippen molar-refractivity contribution in [1.82, 2.24) is 10.6 Å². The molecule has 3 atom stereocenters. The van der Waals surface area contributed by atoms with Gasteiger partial charge < -0.3 is 30.7 Å². The molecule has 0 aliphatic carbocycles. The van der Waals surface area contributed by atoms with E-state index in [0.29, 0.717) is 6.42 Å². The van der Waals surface area contributed by atoms with Crippen LogP contribution in [0.1, 0.15) is 38.3 Å². The molecule has 0 aliphatic heterocycles. The fourth-order valence-electron chi connectivity index (χ4n) is 3.35. The number of carbonyl (C=O) groups excluding carboxylic acids is 1. The van der Waals surface area contributed by atoms with Crippen LogP contribution in [0.5, 0.6) is 5.75 Å². The lowest BCUT2D eigenvalue weighted by Crippen LogP contribution is -2.48. The molecule has 0 fully saturated rings. The zero-order valence-electron chi connectivity index (χ0n) is 18.6. The van der Waals surface area contributed by atoms with Gasteiger partial charge in [-0.15, -0.1) is 0 Å². The normalized spacial score (nSPS) is 14.1. The predicted octanol–water partition coefficient (Wildman–Crippen LogP) is 3.46. The van der Waals surface area contributed by atoms with Gasteiger partial charge in [-0.2, -0.15) is 0 Å². The Morgan fingerprint density at radius 1 is 0.938 bits per heavy atom. The first-order chi connectivity index (χ1) is 15.0. The van der Waals surface area contributed by atoms with E-state index in [1.54, 1.807) is 32.9 Å². The second-order valence-electron chi connectivity index (χ2n) is 8.76. The third-order valence-electron chi connectivity index (χ3n) is 4.74. The number of aliphatic hydroxyl groups excluding tert-OH is 1. The summed E-state index contributed by atoms with van der Waals surface area (Å²) in [6.45, 7) is 5.29. The van der Waals surface area contributed by atoms with E-state index in [2.05, 4.69) is 10.6 Å². The number of aromatic hydroxyl groups is 1. The molecule has 0 bridgehead atoms. The summed E-state index contributed by atoms with van der Waals surface area (Å²) in [5.41, 5.74) is 1.04. The number of aliphatic hydroxyl groups is 1. The summed E-state index contributed by atoms with van der Waals surface area (Å²) in [4.78, 5) is 23.7. The predicted molar refractivity (Wildman–Crippen MR) is 121 cm³/mol. The number of phenols is 1. The maximum Gasteiger partial charge on any atom is 0.407 e. The molecule has 0 spiro atoms. The van der Waals surface area contributed by atoms with E-state index in [-0.39, 0.29) is 18.6 Å². The van der Waals surface area contributed by atoms with Gasteiger partial charge in [-0.3, -0.25) is 0 Å². The largest absolute Gasteiger partial charge is 0.508 e. The molecule has 2 aromatic carbocycles. The Hall–Kier alpha value is -3.26. The first-order valence-corrected chi connectivity index (χ1v) is 10.5. The first kappa shape index (κ1) is 25.0. The van der Waals surface area contributed by atoms with Gasteiger partial charge >= 0.3 is 12.2 Å². The Morgan fingerprint density at radius 3 is 2.09 bits per heavy atom. The van der Waals surface area contributed by atoms with Crippen LogP contribution in [-0.4, -0.2) is 51.3 Å². The van der Waals surface area contributed by atoms with Crippen molar-refractivity contribution in [3.8, 4) is 5.75 Å². The highest BCUT2D eigenvalue weighted by Crippen LogP contribution is 2.17. The van der Waals surface area contributed by atoms with Crippen molar-refractivity contribution in [3.63, 3.8) is 0 Å². The van der Waals surface area contributed by atoms with Gasteiger partial charge in [-0.05, 0) is 63.3 Å². The maximum atomic E-state index is 12.4. The van der Waals surface area contributed by atoms with Crippen molar-refractivity contribution in [2.45, 2.75) is 63.8 Å². The van der Waals surface area contributed by atoms with Crippen molar-refractivity contribution in [2.75, 3.05) is 0 Å². The highest BCUT2D eigenvalue weighted by Gasteiger charge is 2.27. The van der Waals surface area contributed by atoms with Gasteiger partial charge in [0.1, 0.15) is 11.4 Å². The van der Waals surface area contributed by atoms with Crippen molar-refractivity contribution >= 4 is 12.2 Å².